The first-order chi connectivity index (χ1) is 9.52. The van der Waals surface area contributed by atoms with Crippen molar-refractivity contribution in [3.05, 3.63) is 44.2 Å². The molecule has 0 saturated heterocycles. The normalized spacial score (nSPS) is 10.8. The summed E-state index contributed by atoms with van der Waals surface area (Å²) in [6.07, 6.45) is 3.00. The Morgan fingerprint density at radius 3 is 2.80 bits per heavy atom. The lowest BCUT2D eigenvalue weighted by molar-refractivity contribution is -0.384. The summed E-state index contributed by atoms with van der Waals surface area (Å²) in [6, 6.07) is 2.65. The molecule has 0 radical (unpaired) electrons. The lowest BCUT2D eigenvalue weighted by Gasteiger charge is -2.05. The van der Waals surface area contributed by atoms with Gasteiger partial charge in [0.05, 0.1) is 21.8 Å². The number of nitrogens with zero attached hydrogens (tertiary/aromatic N) is 4. The second-order valence-corrected chi connectivity index (χ2v) is 4.90. The highest BCUT2D eigenvalue weighted by atomic mass is 35.5. The third kappa shape index (κ3) is 3.06. The third-order valence-electron chi connectivity index (χ3n) is 2.61. The third-order valence-corrected chi connectivity index (χ3v) is 3.12. The fraction of sp³-hybridized carbons (Fsp3) is 0.273. The van der Waals surface area contributed by atoms with Crippen LogP contribution in [0.5, 0.6) is 0 Å². The number of nitro groups is 1. The van der Waals surface area contributed by atoms with E-state index in [0.29, 0.717) is 18.7 Å². The predicted octanol–water partition coefficient (Wildman–Crippen LogP) is 2.37. The maximum Gasteiger partial charge on any atom is 0.297 e. The number of halogens is 2. The van der Waals surface area contributed by atoms with Gasteiger partial charge in [-0.25, -0.2) is 4.68 Å². The molecule has 2 aromatic rings. The van der Waals surface area contributed by atoms with E-state index in [4.69, 9.17) is 28.9 Å². The first-order valence-corrected chi connectivity index (χ1v) is 6.53. The second-order valence-electron chi connectivity index (χ2n) is 4.06. The Labute approximate surface area is 124 Å². The molecule has 0 atom stereocenters. The van der Waals surface area contributed by atoms with Gasteiger partial charge < -0.3 is 5.73 Å². The van der Waals surface area contributed by atoms with Crippen LogP contribution in [0.2, 0.25) is 10.0 Å². The van der Waals surface area contributed by atoms with Crippen molar-refractivity contribution in [1.82, 2.24) is 15.0 Å². The van der Waals surface area contributed by atoms with E-state index in [2.05, 4.69) is 10.3 Å². The van der Waals surface area contributed by atoms with Crippen LogP contribution in [0.4, 0.5) is 5.69 Å². The highest BCUT2D eigenvalue weighted by Gasteiger charge is 2.21. The van der Waals surface area contributed by atoms with Crippen molar-refractivity contribution < 1.29 is 4.92 Å². The van der Waals surface area contributed by atoms with Crippen LogP contribution < -0.4 is 5.73 Å². The van der Waals surface area contributed by atoms with E-state index in [1.54, 1.807) is 6.20 Å². The maximum atomic E-state index is 11.1. The topological polar surface area (TPSA) is 99.9 Å². The Morgan fingerprint density at radius 1 is 1.40 bits per heavy atom. The zero-order chi connectivity index (χ0) is 14.7. The second kappa shape index (κ2) is 6.17. The van der Waals surface area contributed by atoms with Crippen molar-refractivity contribution in [2.45, 2.75) is 12.8 Å². The number of rotatable bonds is 5. The van der Waals surface area contributed by atoms with Gasteiger partial charge in [-0.15, -0.1) is 5.10 Å². The van der Waals surface area contributed by atoms with Gasteiger partial charge in [0.1, 0.15) is 0 Å². The van der Waals surface area contributed by atoms with Gasteiger partial charge >= 0.3 is 0 Å². The van der Waals surface area contributed by atoms with E-state index in [-0.39, 0.29) is 21.4 Å². The minimum atomic E-state index is -0.561. The van der Waals surface area contributed by atoms with E-state index in [1.165, 1.54) is 16.8 Å². The summed E-state index contributed by atoms with van der Waals surface area (Å²) in [4.78, 5) is 10.5. The van der Waals surface area contributed by atoms with Crippen LogP contribution in [-0.4, -0.2) is 26.5 Å². The quantitative estimate of drug-likeness (QED) is 0.674. The van der Waals surface area contributed by atoms with Crippen LogP contribution in [-0.2, 0) is 6.42 Å². The Kier molecular flexibility index (Phi) is 4.53. The number of aromatic nitrogens is 3. The summed E-state index contributed by atoms with van der Waals surface area (Å²) >= 11 is 11.8. The van der Waals surface area contributed by atoms with Gasteiger partial charge in [-0.05, 0) is 25.5 Å². The van der Waals surface area contributed by atoms with Gasteiger partial charge in [0.2, 0.25) is 0 Å². The molecule has 106 valence electrons. The molecule has 0 unspecified atom stereocenters. The summed E-state index contributed by atoms with van der Waals surface area (Å²) in [6.45, 7) is 0.536. The predicted molar refractivity (Wildman–Crippen MR) is 75.4 cm³/mol. The van der Waals surface area contributed by atoms with Crippen LogP contribution in [0, 0.1) is 10.1 Å². The van der Waals surface area contributed by atoms with Crippen molar-refractivity contribution >= 4 is 28.9 Å². The zero-order valence-electron chi connectivity index (χ0n) is 10.3. The molecule has 0 fully saturated rings. The first-order valence-electron chi connectivity index (χ1n) is 5.78. The Morgan fingerprint density at radius 2 is 2.15 bits per heavy atom. The Hall–Kier alpha value is -1.70. The Balaban J connectivity index is 2.46. The fourth-order valence-electron chi connectivity index (χ4n) is 1.72. The molecule has 0 aliphatic heterocycles. The number of hydrogen-bond donors (Lipinski definition) is 1. The molecule has 2 N–H and O–H groups in total. The molecule has 0 aliphatic rings. The molecule has 2 rings (SSSR count). The molecule has 1 heterocycles. The molecular formula is C11H11Cl2N5O2. The highest BCUT2D eigenvalue weighted by Crippen LogP contribution is 2.33. The lowest BCUT2D eigenvalue weighted by atomic mass is 10.2. The van der Waals surface area contributed by atoms with E-state index in [1.807, 2.05) is 0 Å². The number of benzene rings is 1. The largest absolute Gasteiger partial charge is 0.330 e. The molecule has 7 nitrogen and oxygen atoms in total. The summed E-state index contributed by atoms with van der Waals surface area (Å²) in [5, 5.41) is 19.2. The standard InChI is InChI=1S/C11H11Cl2N5O2/c12-7-4-9(13)11(10(5-7)18(19)20)17-6-8(15-16-17)2-1-3-14/h4-6H,1-3,14H2. The SMILES string of the molecule is NCCCc1cn(-c2c(Cl)cc(Cl)cc2[N+](=O)[O-])nn1. The molecule has 1 aromatic carbocycles. The zero-order valence-corrected chi connectivity index (χ0v) is 11.8. The molecular weight excluding hydrogens is 305 g/mol. The molecule has 20 heavy (non-hydrogen) atoms. The first kappa shape index (κ1) is 14.7. The van der Waals surface area contributed by atoms with Crippen LogP contribution in [0.3, 0.4) is 0 Å². The van der Waals surface area contributed by atoms with E-state index < -0.39 is 4.92 Å². The number of nitro benzene ring substituents is 1. The van der Waals surface area contributed by atoms with Crippen LogP contribution >= 0.6 is 23.2 Å². The van der Waals surface area contributed by atoms with Crippen molar-refractivity contribution in [2.24, 2.45) is 5.73 Å². The van der Waals surface area contributed by atoms with Gasteiger partial charge in [-0.2, -0.15) is 0 Å². The van der Waals surface area contributed by atoms with Crippen LogP contribution in [0.1, 0.15) is 12.1 Å². The molecule has 1 aromatic heterocycles. The Bertz CT molecular complexity index is 644. The fourth-order valence-corrected chi connectivity index (χ4v) is 2.29. The lowest BCUT2D eigenvalue weighted by Crippen LogP contribution is -2.02. The minimum Gasteiger partial charge on any atom is -0.330 e. The van der Waals surface area contributed by atoms with Gasteiger partial charge in [0, 0.05) is 11.1 Å². The molecule has 0 bridgehead atoms. The van der Waals surface area contributed by atoms with Crippen molar-refractivity contribution in [1.29, 1.82) is 0 Å². The van der Waals surface area contributed by atoms with Crippen molar-refractivity contribution in [2.75, 3.05) is 6.54 Å². The van der Waals surface area contributed by atoms with E-state index in [0.717, 1.165) is 6.42 Å². The molecule has 0 spiro atoms. The summed E-state index contributed by atoms with van der Waals surface area (Å²) < 4.78 is 1.28. The monoisotopic (exact) mass is 315 g/mol. The summed E-state index contributed by atoms with van der Waals surface area (Å²) in [5.74, 6) is 0. The number of aryl methyl sites for hydroxylation is 1. The minimum absolute atomic E-state index is 0.138. The van der Waals surface area contributed by atoms with Crippen molar-refractivity contribution in [3.63, 3.8) is 0 Å². The van der Waals surface area contributed by atoms with Crippen LogP contribution in [0.25, 0.3) is 5.69 Å². The van der Waals surface area contributed by atoms with Crippen LogP contribution in [0.15, 0.2) is 18.3 Å². The van der Waals surface area contributed by atoms with Crippen molar-refractivity contribution in [3.8, 4) is 5.69 Å². The van der Waals surface area contributed by atoms with Gasteiger partial charge in [0.25, 0.3) is 5.69 Å². The molecule has 0 amide bonds. The average Bonchev–Trinajstić information content (AvgIpc) is 2.83. The van der Waals surface area contributed by atoms with Gasteiger partial charge in [-0.1, -0.05) is 28.4 Å². The highest BCUT2D eigenvalue weighted by molar-refractivity contribution is 6.36. The smallest absolute Gasteiger partial charge is 0.297 e. The van der Waals surface area contributed by atoms with E-state index >= 15 is 0 Å². The maximum absolute atomic E-state index is 11.1. The molecule has 9 heteroatoms. The number of nitrogens with two attached hydrogens (primary N) is 1. The van der Waals surface area contributed by atoms with Gasteiger partial charge in [0.15, 0.2) is 5.69 Å². The van der Waals surface area contributed by atoms with E-state index in [9.17, 15) is 10.1 Å². The molecule has 0 aliphatic carbocycles. The van der Waals surface area contributed by atoms with Gasteiger partial charge in [-0.3, -0.25) is 10.1 Å². The summed E-state index contributed by atoms with van der Waals surface area (Å²) in [5.41, 5.74) is 6.03. The summed E-state index contributed by atoms with van der Waals surface area (Å²) in [7, 11) is 0. The molecule has 0 saturated carbocycles. The average molecular weight is 316 g/mol. The number of hydrogen-bond acceptors (Lipinski definition) is 5.